The third-order valence-corrected chi connectivity index (χ3v) is 4.62. The van der Waals surface area contributed by atoms with Gasteiger partial charge in [-0.25, -0.2) is 4.79 Å². The molecule has 2 atom stereocenters. The highest BCUT2D eigenvalue weighted by atomic mass is 16.5. The first-order chi connectivity index (χ1) is 8.61. The molecular weight excluding hydrogens is 232 g/mol. The van der Waals surface area contributed by atoms with Crippen molar-refractivity contribution in [3.63, 3.8) is 0 Å². The summed E-state index contributed by atoms with van der Waals surface area (Å²) in [6, 6.07) is 0. The zero-order valence-electron chi connectivity index (χ0n) is 11.4. The Labute approximate surface area is 109 Å². The molecule has 4 heteroatoms. The van der Waals surface area contributed by atoms with Gasteiger partial charge in [0, 0.05) is 26.2 Å². The van der Waals surface area contributed by atoms with Crippen LogP contribution in [-0.4, -0.2) is 37.0 Å². The summed E-state index contributed by atoms with van der Waals surface area (Å²) in [5, 5.41) is 9.71. The van der Waals surface area contributed by atoms with Crippen LogP contribution in [0.2, 0.25) is 0 Å². The van der Waals surface area contributed by atoms with Gasteiger partial charge in [0.05, 0.1) is 0 Å². The van der Waals surface area contributed by atoms with Crippen LogP contribution in [0.15, 0.2) is 0 Å². The van der Waals surface area contributed by atoms with Gasteiger partial charge in [0.2, 0.25) is 0 Å². The van der Waals surface area contributed by atoms with Crippen molar-refractivity contribution in [3.05, 3.63) is 0 Å². The number of carboxylic acids is 1. The maximum absolute atomic E-state index is 11.8. The minimum Gasteiger partial charge on any atom is -0.479 e. The number of carbonyl (C=O) groups is 1. The first-order valence-corrected chi connectivity index (χ1v) is 6.97. The van der Waals surface area contributed by atoms with Crippen molar-refractivity contribution in [1.29, 1.82) is 0 Å². The minimum atomic E-state index is -1.02. The summed E-state index contributed by atoms with van der Waals surface area (Å²) in [6.45, 7) is 3.34. The van der Waals surface area contributed by atoms with Crippen molar-refractivity contribution in [3.8, 4) is 0 Å². The van der Waals surface area contributed by atoms with E-state index < -0.39 is 11.6 Å². The van der Waals surface area contributed by atoms with Gasteiger partial charge in [-0.3, -0.25) is 0 Å². The van der Waals surface area contributed by atoms with Gasteiger partial charge < -0.3 is 14.6 Å². The molecule has 2 rings (SSSR count). The fourth-order valence-corrected chi connectivity index (χ4v) is 3.40. The van der Waals surface area contributed by atoms with Gasteiger partial charge in [0.25, 0.3) is 0 Å². The maximum Gasteiger partial charge on any atom is 0.336 e. The number of hydrogen-bond acceptors (Lipinski definition) is 3. The molecule has 1 saturated carbocycles. The highest BCUT2D eigenvalue weighted by molar-refractivity contribution is 5.78. The Morgan fingerprint density at radius 1 is 1.39 bits per heavy atom. The molecule has 18 heavy (non-hydrogen) atoms. The molecule has 104 valence electrons. The third-order valence-electron chi connectivity index (χ3n) is 4.62. The first kappa shape index (κ1) is 13.8. The minimum absolute atomic E-state index is 0.0654. The van der Waals surface area contributed by atoms with Crippen molar-refractivity contribution in [2.24, 2.45) is 17.8 Å². The molecule has 0 spiro atoms. The van der Waals surface area contributed by atoms with Crippen molar-refractivity contribution in [1.82, 2.24) is 0 Å². The van der Waals surface area contributed by atoms with Crippen LogP contribution in [-0.2, 0) is 14.3 Å². The van der Waals surface area contributed by atoms with E-state index >= 15 is 0 Å². The van der Waals surface area contributed by atoms with Crippen molar-refractivity contribution < 1.29 is 19.4 Å². The number of ether oxygens (including phenoxy) is 2. The molecule has 0 aromatic carbocycles. The zero-order valence-corrected chi connectivity index (χ0v) is 11.4. The van der Waals surface area contributed by atoms with Gasteiger partial charge in [-0.15, -0.1) is 0 Å². The molecule has 2 unspecified atom stereocenters. The lowest BCUT2D eigenvalue weighted by Crippen LogP contribution is -2.54. The standard InChI is InChI=1S/C14H24O4/c1-10(9-11-3-4-11)14(17-2,13(15)16)12-5-7-18-8-6-12/h10-12H,3-9H2,1-2H3,(H,15,16). The molecule has 4 nitrogen and oxygen atoms in total. The van der Waals surface area contributed by atoms with Crippen molar-refractivity contribution in [2.45, 2.75) is 44.6 Å². The first-order valence-electron chi connectivity index (χ1n) is 6.97. The highest BCUT2D eigenvalue weighted by Gasteiger charge is 2.51. The van der Waals surface area contributed by atoms with Crippen LogP contribution in [0.25, 0.3) is 0 Å². The Balaban J connectivity index is 2.15. The summed E-state index contributed by atoms with van der Waals surface area (Å²) in [5.74, 6) is 0.0527. The molecule has 1 saturated heterocycles. The van der Waals surface area contributed by atoms with E-state index in [0.29, 0.717) is 19.1 Å². The average molecular weight is 256 g/mol. The predicted octanol–water partition coefficient (Wildman–Crippen LogP) is 2.32. The van der Waals surface area contributed by atoms with E-state index in [0.717, 1.165) is 19.3 Å². The van der Waals surface area contributed by atoms with Gasteiger partial charge in [-0.1, -0.05) is 19.8 Å². The molecule has 1 aliphatic heterocycles. The number of carboxylic acid groups (broad SMARTS) is 1. The van der Waals surface area contributed by atoms with Crippen LogP contribution < -0.4 is 0 Å². The molecule has 0 aromatic heterocycles. The topological polar surface area (TPSA) is 55.8 Å². The molecular formula is C14H24O4. The zero-order chi connectivity index (χ0) is 13.2. The summed E-state index contributed by atoms with van der Waals surface area (Å²) in [4.78, 5) is 11.8. The number of aliphatic carboxylic acids is 1. The average Bonchev–Trinajstić information content (AvgIpc) is 3.15. The van der Waals surface area contributed by atoms with E-state index in [1.807, 2.05) is 6.92 Å². The van der Waals surface area contributed by atoms with E-state index in [-0.39, 0.29) is 11.8 Å². The molecule has 1 N–H and O–H groups in total. The van der Waals surface area contributed by atoms with Crippen LogP contribution in [0.1, 0.15) is 39.0 Å². The monoisotopic (exact) mass is 256 g/mol. The molecule has 0 radical (unpaired) electrons. The largest absolute Gasteiger partial charge is 0.479 e. The molecule has 0 bridgehead atoms. The van der Waals surface area contributed by atoms with Crippen LogP contribution >= 0.6 is 0 Å². The molecule has 0 aromatic rings. The van der Waals surface area contributed by atoms with E-state index in [9.17, 15) is 9.90 Å². The fourth-order valence-electron chi connectivity index (χ4n) is 3.40. The third kappa shape index (κ3) is 2.54. The Kier molecular flexibility index (Phi) is 4.28. The van der Waals surface area contributed by atoms with Gasteiger partial charge >= 0.3 is 5.97 Å². The summed E-state index contributed by atoms with van der Waals surface area (Å²) in [7, 11) is 1.55. The highest BCUT2D eigenvalue weighted by Crippen LogP contribution is 2.44. The molecule has 1 heterocycles. The summed E-state index contributed by atoms with van der Waals surface area (Å²) >= 11 is 0. The summed E-state index contributed by atoms with van der Waals surface area (Å²) in [5.41, 5.74) is -1.02. The fraction of sp³-hybridized carbons (Fsp3) is 0.929. The lowest BCUT2D eigenvalue weighted by atomic mass is 9.72. The van der Waals surface area contributed by atoms with Gasteiger partial charge in [-0.05, 0) is 31.1 Å². The second-order valence-electron chi connectivity index (χ2n) is 5.77. The second kappa shape index (κ2) is 5.57. The Hall–Kier alpha value is -0.610. The van der Waals surface area contributed by atoms with Gasteiger partial charge in [0.15, 0.2) is 5.60 Å². The molecule has 2 aliphatic rings. The number of methoxy groups -OCH3 is 1. The lowest BCUT2D eigenvalue weighted by Gasteiger charge is -2.42. The van der Waals surface area contributed by atoms with Crippen LogP contribution in [0.5, 0.6) is 0 Å². The summed E-state index contributed by atoms with van der Waals surface area (Å²) < 4.78 is 10.9. The Morgan fingerprint density at radius 3 is 2.44 bits per heavy atom. The van der Waals surface area contributed by atoms with E-state index in [1.54, 1.807) is 7.11 Å². The number of rotatable bonds is 6. The molecule has 0 amide bonds. The van der Waals surface area contributed by atoms with Gasteiger partial charge in [0.1, 0.15) is 0 Å². The van der Waals surface area contributed by atoms with Crippen molar-refractivity contribution in [2.75, 3.05) is 20.3 Å². The van der Waals surface area contributed by atoms with Gasteiger partial charge in [-0.2, -0.15) is 0 Å². The normalized spacial score (nSPS) is 26.6. The smallest absolute Gasteiger partial charge is 0.336 e. The number of hydrogen-bond donors (Lipinski definition) is 1. The second-order valence-corrected chi connectivity index (χ2v) is 5.77. The maximum atomic E-state index is 11.8. The molecule has 1 aliphatic carbocycles. The Bertz CT molecular complexity index is 294. The van der Waals surface area contributed by atoms with E-state index in [4.69, 9.17) is 9.47 Å². The van der Waals surface area contributed by atoms with E-state index in [1.165, 1.54) is 12.8 Å². The predicted molar refractivity (Wildman–Crippen MR) is 67.4 cm³/mol. The Morgan fingerprint density at radius 2 is 2.00 bits per heavy atom. The SMILES string of the molecule is COC(C(=O)O)(C(C)CC1CC1)C1CCOCC1. The van der Waals surface area contributed by atoms with Crippen LogP contribution in [0.3, 0.4) is 0 Å². The lowest BCUT2D eigenvalue weighted by molar-refractivity contribution is -0.185. The van der Waals surface area contributed by atoms with Crippen LogP contribution in [0.4, 0.5) is 0 Å². The molecule has 2 fully saturated rings. The summed E-state index contributed by atoms with van der Waals surface area (Å²) in [6.07, 6.45) is 5.04. The van der Waals surface area contributed by atoms with Crippen molar-refractivity contribution >= 4 is 5.97 Å². The van der Waals surface area contributed by atoms with Crippen LogP contribution in [0, 0.1) is 17.8 Å². The van der Waals surface area contributed by atoms with E-state index in [2.05, 4.69) is 0 Å². The quantitative estimate of drug-likeness (QED) is 0.792.